The lowest BCUT2D eigenvalue weighted by atomic mass is 10.1. The second kappa shape index (κ2) is 7.43. The van der Waals surface area contributed by atoms with E-state index in [-0.39, 0.29) is 21.9 Å². The standard InChI is InChI=1S/C19H11Cl2FN4OS/c20-12-3-6-15(14(21)8-12)26-18(27)16(28-19(26)23)7-11-9-24-25-17(11)10-1-4-13(22)5-2-10/h1-9,23H,(H,24,25)/b16-7-,23-19?. The van der Waals surface area contributed by atoms with Gasteiger partial charge in [-0.3, -0.25) is 20.2 Å². The molecule has 0 radical (unpaired) electrons. The van der Waals surface area contributed by atoms with Gasteiger partial charge in [0.1, 0.15) is 5.82 Å². The van der Waals surface area contributed by atoms with Gasteiger partial charge in [-0.2, -0.15) is 5.10 Å². The fourth-order valence-corrected chi connectivity index (χ4v) is 4.10. The summed E-state index contributed by atoms with van der Waals surface area (Å²) < 4.78 is 13.2. The van der Waals surface area contributed by atoms with Crippen LogP contribution in [0.25, 0.3) is 17.3 Å². The summed E-state index contributed by atoms with van der Waals surface area (Å²) in [5.41, 5.74) is 2.42. The average molecular weight is 433 g/mol. The van der Waals surface area contributed by atoms with Crippen LogP contribution in [0.1, 0.15) is 5.56 Å². The van der Waals surface area contributed by atoms with E-state index < -0.39 is 0 Å². The monoisotopic (exact) mass is 432 g/mol. The Bertz CT molecular complexity index is 1130. The van der Waals surface area contributed by atoms with E-state index in [1.165, 1.54) is 23.1 Å². The molecule has 2 aromatic carbocycles. The number of rotatable bonds is 3. The minimum absolute atomic E-state index is 0.0345. The Hall–Kier alpha value is -2.61. The number of carbonyl (C=O) groups excluding carboxylic acids is 1. The Balaban J connectivity index is 1.69. The molecule has 2 N–H and O–H groups in total. The molecule has 1 fully saturated rings. The maximum atomic E-state index is 13.2. The third kappa shape index (κ3) is 3.44. The molecule has 1 aliphatic rings. The number of anilines is 1. The molecule has 5 nitrogen and oxygen atoms in total. The van der Waals surface area contributed by atoms with Crippen molar-refractivity contribution in [2.45, 2.75) is 0 Å². The van der Waals surface area contributed by atoms with Gasteiger partial charge in [0.05, 0.1) is 27.5 Å². The first-order valence-corrected chi connectivity index (χ1v) is 9.58. The van der Waals surface area contributed by atoms with Crippen molar-refractivity contribution < 1.29 is 9.18 Å². The van der Waals surface area contributed by atoms with E-state index in [0.29, 0.717) is 26.9 Å². The SMILES string of the molecule is N=C1S/C(=C\c2cn[nH]c2-c2ccc(F)cc2)C(=O)N1c1ccc(Cl)cc1Cl. The average Bonchev–Trinajstić information content (AvgIpc) is 3.22. The van der Waals surface area contributed by atoms with Crippen LogP contribution in [0.2, 0.25) is 10.0 Å². The summed E-state index contributed by atoms with van der Waals surface area (Å²) in [7, 11) is 0. The summed E-state index contributed by atoms with van der Waals surface area (Å²) in [5.74, 6) is -0.709. The van der Waals surface area contributed by atoms with E-state index in [0.717, 1.165) is 17.3 Å². The lowest BCUT2D eigenvalue weighted by Gasteiger charge is -2.16. The van der Waals surface area contributed by atoms with Crippen LogP contribution in [0.4, 0.5) is 10.1 Å². The van der Waals surface area contributed by atoms with Crippen molar-refractivity contribution in [1.29, 1.82) is 5.41 Å². The van der Waals surface area contributed by atoms with Gasteiger partial charge in [-0.15, -0.1) is 0 Å². The zero-order chi connectivity index (χ0) is 19.8. The molecule has 1 amide bonds. The van der Waals surface area contributed by atoms with Crippen LogP contribution in [0.15, 0.2) is 53.6 Å². The van der Waals surface area contributed by atoms with Crippen LogP contribution in [0, 0.1) is 11.2 Å². The number of H-pyrrole nitrogens is 1. The molecule has 0 atom stereocenters. The third-order valence-corrected chi connectivity index (χ3v) is 5.49. The Kier molecular flexibility index (Phi) is 4.97. The first-order valence-electron chi connectivity index (χ1n) is 8.01. The maximum Gasteiger partial charge on any atom is 0.271 e. The molecule has 1 aliphatic heterocycles. The van der Waals surface area contributed by atoms with Gasteiger partial charge >= 0.3 is 0 Å². The molecular formula is C19H11Cl2FN4OS. The molecule has 0 unspecified atom stereocenters. The fourth-order valence-electron chi connectivity index (χ4n) is 2.76. The second-order valence-electron chi connectivity index (χ2n) is 5.86. The van der Waals surface area contributed by atoms with Crippen LogP contribution in [-0.2, 0) is 4.79 Å². The Morgan fingerprint density at radius 1 is 1.18 bits per heavy atom. The topological polar surface area (TPSA) is 72.8 Å². The van der Waals surface area contributed by atoms with Gasteiger partial charge in [0, 0.05) is 16.1 Å². The highest BCUT2D eigenvalue weighted by Crippen LogP contribution is 2.39. The highest BCUT2D eigenvalue weighted by Gasteiger charge is 2.35. The Morgan fingerprint density at radius 3 is 2.64 bits per heavy atom. The molecule has 1 saturated heterocycles. The van der Waals surface area contributed by atoms with Crippen LogP contribution >= 0.6 is 35.0 Å². The van der Waals surface area contributed by atoms with Gasteiger partial charge in [0.15, 0.2) is 5.17 Å². The number of aromatic nitrogens is 2. The molecular weight excluding hydrogens is 422 g/mol. The number of hydrogen-bond acceptors (Lipinski definition) is 4. The molecule has 0 bridgehead atoms. The van der Waals surface area contributed by atoms with E-state index in [2.05, 4.69) is 10.2 Å². The number of carbonyl (C=O) groups is 1. The molecule has 2 heterocycles. The number of benzene rings is 2. The van der Waals surface area contributed by atoms with E-state index in [1.807, 2.05) is 0 Å². The van der Waals surface area contributed by atoms with Gasteiger partial charge in [0.25, 0.3) is 5.91 Å². The van der Waals surface area contributed by atoms with Gasteiger partial charge in [0.2, 0.25) is 0 Å². The molecule has 1 aromatic heterocycles. The Morgan fingerprint density at radius 2 is 1.93 bits per heavy atom. The molecule has 4 rings (SSSR count). The van der Waals surface area contributed by atoms with Crippen LogP contribution in [0.3, 0.4) is 0 Å². The lowest BCUT2D eigenvalue weighted by molar-refractivity contribution is -0.113. The maximum absolute atomic E-state index is 13.2. The second-order valence-corrected chi connectivity index (χ2v) is 7.73. The molecule has 0 aliphatic carbocycles. The van der Waals surface area contributed by atoms with Crippen molar-refractivity contribution >= 4 is 57.8 Å². The molecule has 0 saturated carbocycles. The quantitative estimate of drug-likeness (QED) is 0.530. The van der Waals surface area contributed by atoms with Crippen molar-refractivity contribution in [3.05, 3.63) is 75.0 Å². The molecule has 3 aromatic rings. The fraction of sp³-hybridized carbons (Fsp3) is 0. The summed E-state index contributed by atoms with van der Waals surface area (Å²) >= 11 is 13.1. The zero-order valence-electron chi connectivity index (χ0n) is 14.0. The first kappa shape index (κ1) is 18.7. The highest BCUT2D eigenvalue weighted by atomic mass is 35.5. The van der Waals surface area contributed by atoms with Crippen molar-refractivity contribution in [2.75, 3.05) is 4.90 Å². The van der Waals surface area contributed by atoms with Crippen molar-refractivity contribution in [3.8, 4) is 11.3 Å². The van der Waals surface area contributed by atoms with E-state index in [1.54, 1.807) is 36.5 Å². The molecule has 9 heteroatoms. The highest BCUT2D eigenvalue weighted by molar-refractivity contribution is 8.19. The third-order valence-electron chi connectivity index (χ3n) is 4.06. The minimum atomic E-state index is -0.370. The number of amides is 1. The Labute approximate surface area is 173 Å². The summed E-state index contributed by atoms with van der Waals surface area (Å²) in [6, 6.07) is 10.7. The van der Waals surface area contributed by atoms with Gasteiger partial charge in [-0.05, 0) is 60.3 Å². The van der Waals surface area contributed by atoms with Crippen LogP contribution < -0.4 is 4.90 Å². The van der Waals surface area contributed by atoms with Gasteiger partial charge in [-0.25, -0.2) is 4.39 Å². The number of hydrogen-bond donors (Lipinski definition) is 2. The van der Waals surface area contributed by atoms with Crippen molar-refractivity contribution in [3.63, 3.8) is 0 Å². The van der Waals surface area contributed by atoms with E-state index >= 15 is 0 Å². The van der Waals surface area contributed by atoms with E-state index in [9.17, 15) is 9.18 Å². The van der Waals surface area contributed by atoms with Gasteiger partial charge < -0.3 is 0 Å². The predicted molar refractivity (Wildman–Crippen MR) is 111 cm³/mol. The van der Waals surface area contributed by atoms with Crippen LogP contribution in [-0.4, -0.2) is 21.3 Å². The smallest absolute Gasteiger partial charge is 0.271 e. The number of nitrogens with zero attached hydrogens (tertiary/aromatic N) is 2. The number of nitrogens with one attached hydrogen (secondary N) is 2. The summed E-state index contributed by atoms with van der Waals surface area (Å²) in [6.45, 7) is 0. The minimum Gasteiger partial charge on any atom is -0.278 e. The van der Waals surface area contributed by atoms with Crippen molar-refractivity contribution in [2.24, 2.45) is 0 Å². The normalized spacial score (nSPS) is 15.7. The van der Waals surface area contributed by atoms with E-state index in [4.69, 9.17) is 28.6 Å². The number of amidine groups is 1. The molecule has 0 spiro atoms. The first-order chi connectivity index (χ1) is 13.4. The lowest BCUT2D eigenvalue weighted by Crippen LogP contribution is -2.28. The number of thioether (sulfide) groups is 1. The van der Waals surface area contributed by atoms with Crippen LogP contribution in [0.5, 0.6) is 0 Å². The summed E-state index contributed by atoms with van der Waals surface area (Å²) in [6.07, 6.45) is 3.22. The largest absolute Gasteiger partial charge is 0.278 e. The number of halogens is 3. The zero-order valence-corrected chi connectivity index (χ0v) is 16.4. The van der Waals surface area contributed by atoms with Crippen molar-refractivity contribution in [1.82, 2.24) is 10.2 Å². The van der Waals surface area contributed by atoms with Gasteiger partial charge in [-0.1, -0.05) is 23.2 Å². The molecule has 140 valence electrons. The summed E-state index contributed by atoms with van der Waals surface area (Å²) in [4.78, 5) is 14.5. The molecule has 28 heavy (non-hydrogen) atoms. The predicted octanol–water partition coefficient (Wildman–Crippen LogP) is 5.58. The number of aromatic amines is 1. The summed E-state index contributed by atoms with van der Waals surface area (Å²) in [5, 5.41) is 15.8.